The van der Waals surface area contributed by atoms with Gasteiger partial charge < -0.3 is 0 Å². The van der Waals surface area contributed by atoms with E-state index < -0.39 is 0 Å². The van der Waals surface area contributed by atoms with Crippen molar-refractivity contribution in [1.29, 1.82) is 0 Å². The van der Waals surface area contributed by atoms with E-state index in [2.05, 4.69) is 10.2 Å². The largest absolute Gasteiger partial charge is 0.158 e. The van der Waals surface area contributed by atoms with Crippen LogP contribution in [0.25, 0.3) is 10.2 Å². The van der Waals surface area contributed by atoms with E-state index in [1.807, 2.05) is 17.5 Å². The van der Waals surface area contributed by atoms with Gasteiger partial charge in [0.25, 0.3) is 0 Å². The van der Waals surface area contributed by atoms with Crippen LogP contribution in [0.4, 0.5) is 0 Å². The number of thiophene rings is 1. The topological polar surface area (TPSA) is 25.8 Å². The first kappa shape index (κ1) is 7.79. The second-order valence-corrected chi connectivity index (χ2v) is 2.65. The van der Waals surface area contributed by atoms with E-state index >= 15 is 0 Å². The van der Waals surface area contributed by atoms with Crippen LogP contribution in [0.1, 0.15) is 0 Å². The Kier molecular flexibility index (Phi) is 2.49. The summed E-state index contributed by atoms with van der Waals surface area (Å²) in [6, 6.07) is 3.93. The van der Waals surface area contributed by atoms with Gasteiger partial charge >= 0.3 is 0 Å². The molecule has 0 aliphatic heterocycles. The van der Waals surface area contributed by atoms with E-state index in [4.69, 9.17) is 0 Å². The summed E-state index contributed by atoms with van der Waals surface area (Å²) in [7, 11) is 0. The van der Waals surface area contributed by atoms with E-state index in [9.17, 15) is 0 Å². The molecule has 0 N–H and O–H groups in total. The van der Waals surface area contributed by atoms with Crippen molar-refractivity contribution < 1.29 is 20.1 Å². The third-order valence-corrected chi connectivity index (χ3v) is 2.00. The van der Waals surface area contributed by atoms with Crippen LogP contribution in [0.2, 0.25) is 0 Å². The minimum absolute atomic E-state index is 0. The van der Waals surface area contributed by atoms with Crippen LogP contribution in [0.5, 0.6) is 0 Å². The molecule has 0 aromatic carbocycles. The Hall–Kier alpha value is -0.311. The van der Waals surface area contributed by atoms with Crippen LogP contribution >= 0.6 is 11.3 Å². The van der Waals surface area contributed by atoms with Crippen molar-refractivity contribution in [3.8, 4) is 0 Å². The molecular formula is C6H4IrN2S. The number of fused-ring (bicyclic) bond motifs is 1. The molecule has 2 aromatic rings. The first-order valence-electron chi connectivity index (χ1n) is 2.62. The second-order valence-electron chi connectivity index (χ2n) is 1.70. The first-order valence-corrected chi connectivity index (χ1v) is 3.50. The molecule has 4 heteroatoms. The van der Waals surface area contributed by atoms with Crippen molar-refractivity contribution in [2.24, 2.45) is 0 Å². The van der Waals surface area contributed by atoms with Gasteiger partial charge in [0.05, 0.1) is 10.9 Å². The standard InChI is InChI=1S/C6H4N2S.Ir/c1-3-7-8-5-2-4-9-6(1)5;/h1-4H;. The van der Waals surface area contributed by atoms with Gasteiger partial charge in [-0.2, -0.15) is 5.10 Å². The van der Waals surface area contributed by atoms with Crippen molar-refractivity contribution in [2.75, 3.05) is 0 Å². The van der Waals surface area contributed by atoms with Gasteiger partial charge in [0.15, 0.2) is 0 Å². The average molecular weight is 328 g/mol. The zero-order valence-corrected chi connectivity index (χ0v) is 8.16. The molecule has 0 amide bonds. The molecule has 10 heavy (non-hydrogen) atoms. The SMILES string of the molecule is [Ir].c1cc2sccc2nn1. The monoisotopic (exact) mass is 329 g/mol. The molecule has 0 atom stereocenters. The Balaban J connectivity index is 0.000000500. The Labute approximate surface area is 75.6 Å². The molecular weight excluding hydrogens is 324 g/mol. The van der Waals surface area contributed by atoms with Gasteiger partial charge in [-0.3, -0.25) is 0 Å². The zero-order valence-electron chi connectivity index (χ0n) is 4.95. The Morgan fingerprint density at radius 1 is 1.30 bits per heavy atom. The summed E-state index contributed by atoms with van der Waals surface area (Å²) in [5, 5.41) is 9.66. The maximum atomic E-state index is 3.90. The minimum Gasteiger partial charge on any atom is -0.158 e. The Bertz CT molecular complexity index is 290. The molecule has 0 fully saturated rings. The number of nitrogens with zero attached hydrogens (tertiary/aromatic N) is 2. The molecule has 2 aromatic heterocycles. The molecule has 2 nitrogen and oxygen atoms in total. The van der Waals surface area contributed by atoms with Crippen molar-refractivity contribution in [1.82, 2.24) is 10.2 Å². The van der Waals surface area contributed by atoms with Crippen LogP contribution in [-0.2, 0) is 20.1 Å². The van der Waals surface area contributed by atoms with Crippen LogP contribution < -0.4 is 0 Å². The molecule has 2 rings (SSSR count). The molecule has 2 heterocycles. The van der Waals surface area contributed by atoms with Gasteiger partial charge in [-0.15, -0.1) is 16.4 Å². The van der Waals surface area contributed by atoms with Gasteiger partial charge in [0.1, 0.15) is 5.52 Å². The molecule has 1 radical (unpaired) electrons. The van der Waals surface area contributed by atoms with E-state index in [0.29, 0.717) is 0 Å². The summed E-state index contributed by atoms with van der Waals surface area (Å²) in [6.45, 7) is 0. The maximum absolute atomic E-state index is 3.90. The minimum atomic E-state index is 0. The zero-order chi connectivity index (χ0) is 6.10. The van der Waals surface area contributed by atoms with Crippen LogP contribution in [0.3, 0.4) is 0 Å². The fourth-order valence-electron chi connectivity index (χ4n) is 0.718. The normalized spacial score (nSPS) is 9.20. The number of rotatable bonds is 0. The molecule has 0 bridgehead atoms. The van der Waals surface area contributed by atoms with Crippen molar-refractivity contribution in [2.45, 2.75) is 0 Å². The van der Waals surface area contributed by atoms with E-state index in [-0.39, 0.29) is 20.1 Å². The number of hydrogen-bond donors (Lipinski definition) is 0. The third-order valence-electron chi connectivity index (χ3n) is 1.13. The predicted molar refractivity (Wildman–Crippen MR) is 37.4 cm³/mol. The van der Waals surface area contributed by atoms with Gasteiger partial charge in [0.2, 0.25) is 0 Å². The molecule has 0 saturated carbocycles. The van der Waals surface area contributed by atoms with Crippen LogP contribution in [0, 0.1) is 0 Å². The second kappa shape index (κ2) is 3.19. The summed E-state index contributed by atoms with van der Waals surface area (Å²) in [5.41, 5.74) is 0.988. The summed E-state index contributed by atoms with van der Waals surface area (Å²) in [4.78, 5) is 0. The molecule has 53 valence electrons. The van der Waals surface area contributed by atoms with Gasteiger partial charge in [-0.25, -0.2) is 0 Å². The first-order chi connectivity index (χ1) is 4.47. The van der Waals surface area contributed by atoms with E-state index in [1.54, 1.807) is 17.5 Å². The van der Waals surface area contributed by atoms with Crippen molar-refractivity contribution in [3.63, 3.8) is 0 Å². The molecule has 0 aliphatic carbocycles. The van der Waals surface area contributed by atoms with Crippen LogP contribution in [-0.4, -0.2) is 10.2 Å². The van der Waals surface area contributed by atoms with Crippen LogP contribution in [0.15, 0.2) is 23.7 Å². The Morgan fingerprint density at radius 2 is 2.20 bits per heavy atom. The molecule has 0 unspecified atom stereocenters. The van der Waals surface area contributed by atoms with Crippen molar-refractivity contribution in [3.05, 3.63) is 23.7 Å². The summed E-state index contributed by atoms with van der Waals surface area (Å²) < 4.78 is 1.20. The quantitative estimate of drug-likeness (QED) is 0.735. The third kappa shape index (κ3) is 1.24. The van der Waals surface area contributed by atoms with Gasteiger partial charge in [-0.05, 0) is 17.5 Å². The fraction of sp³-hybridized carbons (Fsp3) is 0. The maximum Gasteiger partial charge on any atom is 0.104 e. The molecule has 0 aliphatic rings. The fourth-order valence-corrected chi connectivity index (χ4v) is 1.43. The number of aromatic nitrogens is 2. The Morgan fingerprint density at radius 3 is 3.00 bits per heavy atom. The summed E-state index contributed by atoms with van der Waals surface area (Å²) in [6.07, 6.45) is 1.71. The molecule has 0 saturated heterocycles. The number of hydrogen-bond acceptors (Lipinski definition) is 3. The van der Waals surface area contributed by atoms with Crippen molar-refractivity contribution >= 4 is 21.6 Å². The van der Waals surface area contributed by atoms with Gasteiger partial charge in [-0.1, -0.05) is 0 Å². The van der Waals surface area contributed by atoms with E-state index in [1.165, 1.54) is 4.70 Å². The summed E-state index contributed by atoms with van der Waals surface area (Å²) in [5.74, 6) is 0. The smallest absolute Gasteiger partial charge is 0.104 e. The average Bonchev–Trinajstić information content (AvgIpc) is 2.33. The summed E-state index contributed by atoms with van der Waals surface area (Å²) >= 11 is 1.68. The molecule has 0 spiro atoms. The predicted octanol–water partition coefficient (Wildman–Crippen LogP) is 1.69. The van der Waals surface area contributed by atoms with Gasteiger partial charge in [0, 0.05) is 20.1 Å². The van der Waals surface area contributed by atoms with E-state index in [0.717, 1.165) is 5.52 Å².